The third-order valence-corrected chi connectivity index (χ3v) is 2.50. The average Bonchev–Trinajstić information content (AvgIpc) is 2.00. The van der Waals surface area contributed by atoms with Gasteiger partial charge in [0, 0.05) is 25.0 Å². The van der Waals surface area contributed by atoms with E-state index >= 15 is 0 Å². The Balaban J connectivity index is 2.14. The van der Waals surface area contributed by atoms with Crippen LogP contribution in [0.1, 0.15) is 27.7 Å². The van der Waals surface area contributed by atoms with Gasteiger partial charge in [0.1, 0.15) is 0 Å². The van der Waals surface area contributed by atoms with E-state index in [4.69, 9.17) is 0 Å². The van der Waals surface area contributed by atoms with E-state index in [1.54, 1.807) is 0 Å². The molecule has 0 aromatic heterocycles. The van der Waals surface area contributed by atoms with E-state index in [0.29, 0.717) is 12.0 Å². The van der Waals surface area contributed by atoms with Crippen molar-refractivity contribution in [3.8, 4) is 0 Å². The van der Waals surface area contributed by atoms with Crippen LogP contribution in [0.2, 0.25) is 0 Å². The summed E-state index contributed by atoms with van der Waals surface area (Å²) in [6, 6.07) is 0.528. The summed E-state index contributed by atoms with van der Waals surface area (Å²) >= 11 is 0. The molecule has 0 aliphatic carbocycles. The van der Waals surface area contributed by atoms with Crippen LogP contribution in [-0.2, 0) is 4.79 Å². The van der Waals surface area contributed by atoms with Gasteiger partial charge in [0.2, 0.25) is 5.91 Å². The minimum absolute atomic E-state index is 0.140. The predicted octanol–water partition coefficient (Wildman–Crippen LogP) is 1.10. The van der Waals surface area contributed by atoms with Crippen molar-refractivity contribution in [2.24, 2.45) is 11.8 Å². The largest absolute Gasteiger partial charge is 0.339 e. The Morgan fingerprint density at radius 3 is 2.36 bits per heavy atom. The van der Waals surface area contributed by atoms with Crippen LogP contribution in [0.4, 0.5) is 0 Å². The Hall–Kier alpha value is -0.570. The number of nitrogens with one attached hydrogen (secondary N) is 1. The molecule has 14 heavy (non-hydrogen) atoms. The highest BCUT2D eigenvalue weighted by Crippen LogP contribution is 2.12. The number of nitrogens with zero attached hydrogens (tertiary/aromatic N) is 1. The van der Waals surface area contributed by atoms with Crippen molar-refractivity contribution in [2.75, 3.05) is 19.6 Å². The lowest BCUT2D eigenvalue weighted by Crippen LogP contribution is -2.61. The molecular weight excluding hydrogens is 176 g/mol. The summed E-state index contributed by atoms with van der Waals surface area (Å²) in [6.07, 6.45) is 0. The normalized spacial score (nSPS) is 17.7. The van der Waals surface area contributed by atoms with E-state index in [-0.39, 0.29) is 11.8 Å². The highest BCUT2D eigenvalue weighted by Gasteiger charge is 2.30. The first-order valence-corrected chi connectivity index (χ1v) is 5.53. The van der Waals surface area contributed by atoms with E-state index in [9.17, 15) is 4.79 Å². The zero-order chi connectivity index (χ0) is 10.7. The third kappa shape index (κ3) is 2.98. The van der Waals surface area contributed by atoms with E-state index in [1.807, 2.05) is 18.7 Å². The summed E-state index contributed by atoms with van der Waals surface area (Å²) in [4.78, 5) is 13.4. The van der Waals surface area contributed by atoms with E-state index in [0.717, 1.165) is 19.6 Å². The lowest BCUT2D eigenvalue weighted by Gasteiger charge is -2.41. The number of hydrogen-bond acceptors (Lipinski definition) is 2. The summed E-state index contributed by atoms with van der Waals surface area (Å²) in [7, 11) is 0. The van der Waals surface area contributed by atoms with Crippen LogP contribution in [0.15, 0.2) is 0 Å². The number of hydrogen-bond donors (Lipinski definition) is 1. The Morgan fingerprint density at radius 1 is 1.36 bits per heavy atom. The Bertz CT molecular complexity index is 195. The quantitative estimate of drug-likeness (QED) is 0.733. The topological polar surface area (TPSA) is 32.3 Å². The maximum atomic E-state index is 11.5. The van der Waals surface area contributed by atoms with Gasteiger partial charge in [-0.1, -0.05) is 27.7 Å². The molecule has 1 amide bonds. The fourth-order valence-corrected chi connectivity index (χ4v) is 1.56. The van der Waals surface area contributed by atoms with Gasteiger partial charge in [-0.2, -0.15) is 0 Å². The van der Waals surface area contributed by atoms with Gasteiger partial charge >= 0.3 is 0 Å². The number of carbonyl (C=O) groups excluding carboxylic acids is 1. The fraction of sp³-hybridized carbons (Fsp3) is 0.909. The maximum Gasteiger partial charge on any atom is 0.225 e. The molecule has 3 heteroatoms. The van der Waals surface area contributed by atoms with Gasteiger partial charge in [-0.25, -0.2) is 0 Å². The standard InChI is InChI=1S/C11H22N2O/c1-8(2)5-12-10-6-13(7-10)11(14)9(3)4/h8-10,12H,5-7H2,1-4H3. The molecule has 0 spiro atoms. The number of amides is 1. The molecule has 3 nitrogen and oxygen atoms in total. The van der Waals surface area contributed by atoms with Gasteiger partial charge in [0.15, 0.2) is 0 Å². The first kappa shape index (κ1) is 11.5. The number of carbonyl (C=O) groups is 1. The van der Waals surface area contributed by atoms with Gasteiger partial charge in [0.05, 0.1) is 0 Å². The van der Waals surface area contributed by atoms with Crippen LogP contribution >= 0.6 is 0 Å². The molecule has 0 atom stereocenters. The molecule has 0 saturated carbocycles. The van der Waals surface area contributed by atoms with Crippen molar-refractivity contribution in [1.29, 1.82) is 0 Å². The van der Waals surface area contributed by atoms with Crippen LogP contribution in [0, 0.1) is 11.8 Å². The minimum Gasteiger partial charge on any atom is -0.339 e. The molecule has 0 aromatic rings. The summed E-state index contributed by atoms with van der Waals surface area (Å²) in [5.74, 6) is 1.11. The highest BCUT2D eigenvalue weighted by atomic mass is 16.2. The first-order chi connectivity index (χ1) is 6.50. The molecule has 1 saturated heterocycles. The van der Waals surface area contributed by atoms with E-state index < -0.39 is 0 Å². The molecule has 0 radical (unpaired) electrons. The SMILES string of the molecule is CC(C)CNC1CN(C(=O)C(C)C)C1. The molecule has 1 rings (SSSR count). The average molecular weight is 198 g/mol. The molecule has 82 valence electrons. The third-order valence-electron chi connectivity index (χ3n) is 2.50. The summed E-state index contributed by atoms with van der Waals surface area (Å²) in [5.41, 5.74) is 0. The van der Waals surface area contributed by atoms with Crippen molar-refractivity contribution < 1.29 is 4.79 Å². The number of likely N-dealkylation sites (tertiary alicyclic amines) is 1. The summed E-state index contributed by atoms with van der Waals surface area (Å²) < 4.78 is 0. The van der Waals surface area contributed by atoms with Crippen molar-refractivity contribution in [1.82, 2.24) is 10.2 Å². The second kappa shape index (κ2) is 4.78. The second-order valence-corrected chi connectivity index (χ2v) is 4.90. The molecule has 0 aromatic carbocycles. The molecule has 1 aliphatic rings. The van der Waals surface area contributed by atoms with Gasteiger partial charge < -0.3 is 10.2 Å². The monoisotopic (exact) mass is 198 g/mol. The van der Waals surface area contributed by atoms with E-state index in [1.165, 1.54) is 0 Å². The van der Waals surface area contributed by atoms with Crippen LogP contribution < -0.4 is 5.32 Å². The van der Waals surface area contributed by atoms with Crippen LogP contribution in [0.3, 0.4) is 0 Å². The molecule has 1 aliphatic heterocycles. The molecule has 1 N–H and O–H groups in total. The summed E-state index contributed by atoms with van der Waals surface area (Å²) in [6.45, 7) is 11.1. The lowest BCUT2D eigenvalue weighted by molar-refractivity contribution is -0.139. The minimum atomic E-state index is 0.140. The van der Waals surface area contributed by atoms with Gasteiger partial charge in [-0.15, -0.1) is 0 Å². The Morgan fingerprint density at radius 2 is 1.93 bits per heavy atom. The first-order valence-electron chi connectivity index (χ1n) is 5.53. The second-order valence-electron chi connectivity index (χ2n) is 4.90. The predicted molar refractivity (Wildman–Crippen MR) is 58.0 cm³/mol. The fourth-order valence-electron chi connectivity index (χ4n) is 1.56. The highest BCUT2D eigenvalue weighted by molar-refractivity contribution is 5.79. The zero-order valence-electron chi connectivity index (χ0n) is 9.71. The Labute approximate surface area is 86.9 Å². The molecule has 1 fully saturated rings. The molecular formula is C11H22N2O. The van der Waals surface area contributed by atoms with Crippen molar-refractivity contribution in [2.45, 2.75) is 33.7 Å². The lowest BCUT2D eigenvalue weighted by atomic mass is 10.0. The molecule has 0 unspecified atom stereocenters. The zero-order valence-corrected chi connectivity index (χ0v) is 9.71. The van der Waals surface area contributed by atoms with Gasteiger partial charge in [0.25, 0.3) is 0 Å². The van der Waals surface area contributed by atoms with Crippen molar-refractivity contribution >= 4 is 5.91 Å². The van der Waals surface area contributed by atoms with E-state index in [2.05, 4.69) is 19.2 Å². The van der Waals surface area contributed by atoms with Crippen LogP contribution in [0.25, 0.3) is 0 Å². The van der Waals surface area contributed by atoms with Crippen molar-refractivity contribution in [3.63, 3.8) is 0 Å². The molecule has 1 heterocycles. The number of rotatable bonds is 4. The van der Waals surface area contributed by atoms with Gasteiger partial charge in [-0.05, 0) is 12.5 Å². The Kier molecular flexibility index (Phi) is 3.93. The molecule has 0 bridgehead atoms. The van der Waals surface area contributed by atoms with Crippen LogP contribution in [-0.4, -0.2) is 36.5 Å². The smallest absolute Gasteiger partial charge is 0.225 e. The van der Waals surface area contributed by atoms with Crippen molar-refractivity contribution in [3.05, 3.63) is 0 Å². The summed E-state index contributed by atoms with van der Waals surface area (Å²) in [5, 5.41) is 3.45. The maximum absolute atomic E-state index is 11.5. The van der Waals surface area contributed by atoms with Crippen LogP contribution in [0.5, 0.6) is 0 Å². The van der Waals surface area contributed by atoms with Gasteiger partial charge in [-0.3, -0.25) is 4.79 Å².